The molecule has 1 unspecified atom stereocenters. The van der Waals surface area contributed by atoms with Crippen LogP contribution in [0.4, 0.5) is 4.79 Å². The van der Waals surface area contributed by atoms with E-state index in [0.717, 1.165) is 22.3 Å². The molecule has 162 valence electrons. The summed E-state index contributed by atoms with van der Waals surface area (Å²) in [5.41, 5.74) is 3.25. The molecule has 0 bridgehead atoms. The van der Waals surface area contributed by atoms with Crippen LogP contribution < -0.4 is 10.6 Å². The van der Waals surface area contributed by atoms with Gasteiger partial charge in [-0.05, 0) is 35.1 Å². The SMILES string of the molecule is O=C(CC(O)CNC(=O)OCC1c2ccccc2-c2ccccc21)NC1(C(=O)O)CC1. The molecule has 2 aliphatic rings. The van der Waals surface area contributed by atoms with E-state index in [4.69, 9.17) is 9.84 Å². The largest absolute Gasteiger partial charge is 0.480 e. The van der Waals surface area contributed by atoms with Crippen molar-refractivity contribution in [3.63, 3.8) is 0 Å². The van der Waals surface area contributed by atoms with Gasteiger partial charge in [0.15, 0.2) is 0 Å². The molecule has 8 heteroatoms. The van der Waals surface area contributed by atoms with Gasteiger partial charge in [-0.15, -0.1) is 0 Å². The quantitative estimate of drug-likeness (QED) is 0.514. The van der Waals surface area contributed by atoms with Crippen molar-refractivity contribution in [1.82, 2.24) is 10.6 Å². The lowest BCUT2D eigenvalue weighted by Crippen LogP contribution is -2.45. The van der Waals surface area contributed by atoms with E-state index in [0.29, 0.717) is 12.8 Å². The van der Waals surface area contributed by atoms with Gasteiger partial charge >= 0.3 is 12.1 Å². The van der Waals surface area contributed by atoms with E-state index >= 15 is 0 Å². The van der Waals surface area contributed by atoms with Gasteiger partial charge in [0.25, 0.3) is 0 Å². The van der Waals surface area contributed by atoms with E-state index in [2.05, 4.69) is 10.6 Å². The van der Waals surface area contributed by atoms with Gasteiger partial charge in [0.2, 0.25) is 5.91 Å². The number of carboxylic acid groups (broad SMARTS) is 1. The van der Waals surface area contributed by atoms with Crippen molar-refractivity contribution in [2.75, 3.05) is 13.2 Å². The van der Waals surface area contributed by atoms with E-state index < -0.39 is 29.6 Å². The average Bonchev–Trinajstić information content (AvgIpc) is 3.46. The van der Waals surface area contributed by atoms with Crippen LogP contribution in [0.2, 0.25) is 0 Å². The van der Waals surface area contributed by atoms with E-state index in [9.17, 15) is 19.5 Å². The van der Waals surface area contributed by atoms with Crippen molar-refractivity contribution in [2.45, 2.75) is 36.8 Å². The van der Waals surface area contributed by atoms with Gasteiger partial charge in [-0.25, -0.2) is 9.59 Å². The van der Waals surface area contributed by atoms with Crippen LogP contribution in [0.1, 0.15) is 36.3 Å². The van der Waals surface area contributed by atoms with Crippen LogP contribution in [0.5, 0.6) is 0 Å². The lowest BCUT2D eigenvalue weighted by molar-refractivity contribution is -0.143. The number of carbonyl (C=O) groups excluding carboxylic acids is 2. The Balaban J connectivity index is 1.25. The van der Waals surface area contributed by atoms with Crippen LogP contribution in [0.15, 0.2) is 48.5 Å². The molecular weight excluding hydrogens is 400 g/mol. The van der Waals surface area contributed by atoms with Gasteiger partial charge in [0, 0.05) is 12.5 Å². The summed E-state index contributed by atoms with van der Waals surface area (Å²) in [7, 11) is 0. The fourth-order valence-electron chi connectivity index (χ4n) is 3.97. The van der Waals surface area contributed by atoms with Gasteiger partial charge in [-0.1, -0.05) is 48.5 Å². The minimum absolute atomic E-state index is 0.0698. The Morgan fingerprint density at radius 2 is 1.61 bits per heavy atom. The van der Waals surface area contributed by atoms with E-state index in [1.54, 1.807) is 0 Å². The third kappa shape index (κ3) is 4.39. The summed E-state index contributed by atoms with van der Waals surface area (Å²) in [6.45, 7) is -0.0261. The summed E-state index contributed by atoms with van der Waals surface area (Å²) < 4.78 is 5.38. The van der Waals surface area contributed by atoms with Crippen LogP contribution >= 0.6 is 0 Å². The molecule has 0 spiro atoms. The summed E-state index contributed by atoms with van der Waals surface area (Å²) in [6, 6.07) is 16.0. The molecule has 1 atom stereocenters. The molecule has 2 aliphatic carbocycles. The van der Waals surface area contributed by atoms with Gasteiger partial charge in [0.05, 0.1) is 12.5 Å². The fraction of sp³-hybridized carbons (Fsp3) is 0.348. The maximum absolute atomic E-state index is 12.1. The summed E-state index contributed by atoms with van der Waals surface area (Å²) in [6.07, 6.45) is -1.39. The average molecular weight is 424 g/mol. The molecule has 4 rings (SSSR count). The lowest BCUT2D eigenvalue weighted by atomic mass is 9.98. The maximum atomic E-state index is 12.1. The molecule has 0 radical (unpaired) electrons. The number of aliphatic hydroxyl groups is 1. The van der Waals surface area contributed by atoms with Gasteiger partial charge in [0.1, 0.15) is 12.1 Å². The Labute approximate surface area is 179 Å². The third-order valence-corrected chi connectivity index (χ3v) is 5.78. The summed E-state index contributed by atoms with van der Waals surface area (Å²) >= 11 is 0. The number of hydrogen-bond acceptors (Lipinski definition) is 5. The van der Waals surface area contributed by atoms with Crippen LogP contribution in [0, 0.1) is 0 Å². The van der Waals surface area contributed by atoms with Gasteiger partial charge in [-0.3, -0.25) is 4.79 Å². The monoisotopic (exact) mass is 424 g/mol. The molecule has 4 N–H and O–H groups in total. The van der Waals surface area contributed by atoms with Crippen molar-refractivity contribution < 1.29 is 29.3 Å². The Bertz CT molecular complexity index is 971. The van der Waals surface area contributed by atoms with Crippen LogP contribution in [0.3, 0.4) is 0 Å². The first-order valence-corrected chi connectivity index (χ1v) is 10.2. The second-order valence-electron chi connectivity index (χ2n) is 8.00. The minimum atomic E-state index is -1.20. The topological polar surface area (TPSA) is 125 Å². The molecule has 0 saturated heterocycles. The zero-order chi connectivity index (χ0) is 22.0. The Hall–Kier alpha value is -3.39. The Morgan fingerprint density at radius 3 is 2.16 bits per heavy atom. The highest BCUT2D eigenvalue weighted by atomic mass is 16.5. The number of benzene rings is 2. The molecule has 0 aliphatic heterocycles. The number of alkyl carbamates (subject to hydrolysis) is 1. The smallest absolute Gasteiger partial charge is 0.407 e. The first kappa shape index (κ1) is 20.9. The second kappa shape index (κ2) is 8.39. The summed E-state index contributed by atoms with van der Waals surface area (Å²) in [5.74, 6) is -1.71. The highest BCUT2D eigenvalue weighted by Crippen LogP contribution is 2.44. The molecule has 2 aromatic rings. The molecule has 2 amide bonds. The standard InChI is InChI=1S/C23H24N2O6/c26-14(11-20(27)25-23(9-10-23)21(28)29)12-24-22(30)31-13-19-17-7-3-1-5-15(17)16-6-2-4-8-18(16)19/h1-8,14,19,26H,9-13H2,(H,24,30)(H,25,27)(H,28,29). The number of nitrogens with one attached hydrogen (secondary N) is 2. The summed E-state index contributed by atoms with van der Waals surface area (Å²) in [4.78, 5) is 35.1. The number of aliphatic carboxylic acids is 1. The predicted molar refractivity (Wildman–Crippen MR) is 111 cm³/mol. The predicted octanol–water partition coefficient (Wildman–Crippen LogP) is 2.01. The molecule has 2 aromatic carbocycles. The number of ether oxygens (including phenoxy) is 1. The van der Waals surface area contributed by atoms with Crippen LogP contribution in [0.25, 0.3) is 11.1 Å². The third-order valence-electron chi connectivity index (χ3n) is 5.78. The molecule has 31 heavy (non-hydrogen) atoms. The number of aliphatic hydroxyl groups excluding tert-OH is 1. The van der Waals surface area contributed by atoms with Crippen LogP contribution in [-0.4, -0.2) is 53.0 Å². The van der Waals surface area contributed by atoms with Crippen molar-refractivity contribution in [2.24, 2.45) is 0 Å². The zero-order valence-electron chi connectivity index (χ0n) is 16.8. The highest BCUT2D eigenvalue weighted by molar-refractivity contribution is 5.89. The van der Waals surface area contributed by atoms with Crippen molar-refractivity contribution >= 4 is 18.0 Å². The fourth-order valence-corrected chi connectivity index (χ4v) is 3.97. The molecule has 1 saturated carbocycles. The number of carboxylic acids is 1. The van der Waals surface area contributed by atoms with Crippen molar-refractivity contribution in [1.29, 1.82) is 0 Å². The Morgan fingerprint density at radius 1 is 1.03 bits per heavy atom. The highest BCUT2D eigenvalue weighted by Gasteiger charge is 2.51. The number of hydrogen-bond donors (Lipinski definition) is 4. The van der Waals surface area contributed by atoms with Crippen molar-refractivity contribution in [3.05, 3.63) is 59.7 Å². The number of rotatable bonds is 8. The molecule has 8 nitrogen and oxygen atoms in total. The Kier molecular flexibility index (Phi) is 5.65. The molecular formula is C23H24N2O6. The maximum Gasteiger partial charge on any atom is 0.407 e. The summed E-state index contributed by atoms with van der Waals surface area (Å²) in [5, 5.41) is 23.9. The molecule has 0 heterocycles. The number of amides is 2. The first-order chi connectivity index (χ1) is 14.9. The van der Waals surface area contributed by atoms with Gasteiger partial charge in [-0.2, -0.15) is 0 Å². The number of fused-ring (bicyclic) bond motifs is 3. The minimum Gasteiger partial charge on any atom is -0.480 e. The first-order valence-electron chi connectivity index (χ1n) is 10.2. The van der Waals surface area contributed by atoms with E-state index in [1.807, 2.05) is 48.5 Å². The lowest BCUT2D eigenvalue weighted by Gasteiger charge is -2.17. The van der Waals surface area contributed by atoms with Gasteiger partial charge < -0.3 is 25.6 Å². The van der Waals surface area contributed by atoms with Crippen molar-refractivity contribution in [3.8, 4) is 11.1 Å². The second-order valence-corrected chi connectivity index (χ2v) is 8.00. The van der Waals surface area contributed by atoms with E-state index in [1.165, 1.54) is 0 Å². The normalized spacial score (nSPS) is 16.5. The molecule has 0 aromatic heterocycles. The zero-order valence-corrected chi connectivity index (χ0v) is 16.8. The number of carbonyl (C=O) groups is 3. The van der Waals surface area contributed by atoms with E-state index in [-0.39, 0.29) is 25.5 Å². The van der Waals surface area contributed by atoms with Crippen LogP contribution in [-0.2, 0) is 14.3 Å². The molecule has 1 fully saturated rings.